The van der Waals surface area contributed by atoms with Crippen molar-refractivity contribution in [3.63, 3.8) is 0 Å². The van der Waals surface area contributed by atoms with Crippen LogP contribution in [0.5, 0.6) is 11.5 Å². The number of ketones is 1. The van der Waals surface area contributed by atoms with Gasteiger partial charge in [0.25, 0.3) is 5.78 Å². The van der Waals surface area contributed by atoms with Crippen molar-refractivity contribution in [2.75, 3.05) is 6.79 Å². The number of benzene rings is 1. The Balaban J connectivity index is 2.55. The molecular formula is C10H7FO5. The van der Waals surface area contributed by atoms with Crippen LogP contribution in [0, 0.1) is 0 Å². The van der Waals surface area contributed by atoms with E-state index in [-0.39, 0.29) is 29.4 Å². The van der Waals surface area contributed by atoms with Crippen LogP contribution in [-0.2, 0) is 11.5 Å². The summed E-state index contributed by atoms with van der Waals surface area (Å²) in [6, 6.07) is 2.53. The van der Waals surface area contributed by atoms with Gasteiger partial charge in [-0.15, -0.1) is 0 Å². The van der Waals surface area contributed by atoms with Gasteiger partial charge in [0.05, 0.1) is 5.56 Å². The van der Waals surface area contributed by atoms with Gasteiger partial charge in [-0.3, -0.25) is 4.79 Å². The third-order valence-corrected chi connectivity index (χ3v) is 2.13. The normalized spacial score (nSPS) is 12.6. The van der Waals surface area contributed by atoms with E-state index in [0.29, 0.717) is 0 Å². The minimum atomic E-state index is -1.62. The molecule has 16 heavy (non-hydrogen) atoms. The highest BCUT2D eigenvalue weighted by atomic mass is 19.1. The number of alkyl halides is 1. The van der Waals surface area contributed by atoms with E-state index in [0.717, 1.165) is 6.07 Å². The van der Waals surface area contributed by atoms with Crippen LogP contribution in [0.1, 0.15) is 15.9 Å². The van der Waals surface area contributed by atoms with Crippen molar-refractivity contribution in [2.45, 2.75) is 6.67 Å². The Labute approximate surface area is 89.4 Å². The molecule has 2 rings (SSSR count). The van der Waals surface area contributed by atoms with E-state index in [2.05, 4.69) is 0 Å². The topological polar surface area (TPSA) is 72.8 Å². The molecule has 1 N–H and O–H groups in total. The van der Waals surface area contributed by atoms with Gasteiger partial charge in [0, 0.05) is 0 Å². The third-order valence-electron chi connectivity index (χ3n) is 2.13. The van der Waals surface area contributed by atoms with E-state index >= 15 is 0 Å². The summed E-state index contributed by atoms with van der Waals surface area (Å²) in [5.74, 6) is -2.50. The molecule has 0 aliphatic carbocycles. The molecule has 0 amide bonds. The lowest BCUT2D eigenvalue weighted by Crippen LogP contribution is -2.13. The zero-order chi connectivity index (χ0) is 11.7. The van der Waals surface area contributed by atoms with E-state index in [1.165, 1.54) is 6.07 Å². The molecule has 1 aliphatic heterocycles. The van der Waals surface area contributed by atoms with Crippen molar-refractivity contribution in [3.05, 3.63) is 23.3 Å². The monoisotopic (exact) mass is 226 g/mol. The summed E-state index contributed by atoms with van der Waals surface area (Å²) in [5, 5.41) is 8.59. The van der Waals surface area contributed by atoms with E-state index < -0.39 is 18.4 Å². The first kappa shape index (κ1) is 10.4. The SMILES string of the molecule is O=C(O)C(=O)c1cc(CF)cc2c1OCO2. The van der Waals surface area contributed by atoms with Crippen LogP contribution in [-0.4, -0.2) is 23.7 Å². The maximum Gasteiger partial charge on any atom is 0.377 e. The lowest BCUT2D eigenvalue weighted by Gasteiger charge is -2.04. The van der Waals surface area contributed by atoms with E-state index in [9.17, 15) is 14.0 Å². The highest BCUT2D eigenvalue weighted by Crippen LogP contribution is 2.37. The maximum absolute atomic E-state index is 12.5. The quantitative estimate of drug-likeness (QED) is 0.618. The fourth-order valence-corrected chi connectivity index (χ4v) is 1.43. The zero-order valence-electron chi connectivity index (χ0n) is 8.03. The molecule has 0 radical (unpaired) electrons. The van der Waals surface area contributed by atoms with Crippen molar-refractivity contribution in [2.24, 2.45) is 0 Å². The van der Waals surface area contributed by atoms with Gasteiger partial charge in [0.15, 0.2) is 11.5 Å². The van der Waals surface area contributed by atoms with Gasteiger partial charge in [-0.2, -0.15) is 0 Å². The smallest absolute Gasteiger partial charge is 0.377 e. The van der Waals surface area contributed by atoms with Crippen molar-refractivity contribution in [1.29, 1.82) is 0 Å². The molecule has 6 heteroatoms. The number of carbonyl (C=O) groups excluding carboxylic acids is 1. The molecule has 0 unspecified atom stereocenters. The van der Waals surface area contributed by atoms with Crippen LogP contribution < -0.4 is 9.47 Å². The molecule has 5 nitrogen and oxygen atoms in total. The van der Waals surface area contributed by atoms with Gasteiger partial charge in [-0.1, -0.05) is 0 Å². The van der Waals surface area contributed by atoms with Crippen LogP contribution in [0.25, 0.3) is 0 Å². The number of hydrogen-bond donors (Lipinski definition) is 1. The highest BCUT2D eigenvalue weighted by molar-refractivity contribution is 6.40. The molecule has 84 valence electrons. The molecule has 0 fully saturated rings. The number of Topliss-reactive ketones (excluding diaryl/α,β-unsaturated/α-hetero) is 1. The third kappa shape index (κ3) is 1.58. The van der Waals surface area contributed by atoms with Gasteiger partial charge >= 0.3 is 5.97 Å². The largest absolute Gasteiger partial charge is 0.475 e. The first-order valence-corrected chi connectivity index (χ1v) is 4.39. The predicted molar refractivity (Wildman–Crippen MR) is 49.3 cm³/mol. The average molecular weight is 226 g/mol. The minimum absolute atomic E-state index is 0.0598. The number of hydrogen-bond acceptors (Lipinski definition) is 4. The summed E-state index contributed by atoms with van der Waals surface area (Å²) in [6.45, 7) is -0.915. The van der Waals surface area contributed by atoms with Crippen LogP contribution in [0.2, 0.25) is 0 Å². The van der Waals surface area contributed by atoms with Gasteiger partial charge in [-0.25, -0.2) is 9.18 Å². The Hall–Kier alpha value is -2.11. The predicted octanol–water partition coefficient (Wildman–Crippen LogP) is 1.15. The Kier molecular flexibility index (Phi) is 2.47. The second-order valence-corrected chi connectivity index (χ2v) is 3.15. The fraction of sp³-hybridized carbons (Fsp3) is 0.200. The second kappa shape index (κ2) is 3.80. The van der Waals surface area contributed by atoms with Crippen LogP contribution in [0.4, 0.5) is 4.39 Å². The lowest BCUT2D eigenvalue weighted by atomic mass is 10.1. The number of rotatable bonds is 3. The van der Waals surface area contributed by atoms with E-state index in [4.69, 9.17) is 14.6 Å². The van der Waals surface area contributed by atoms with E-state index in [1.54, 1.807) is 0 Å². The molecule has 0 bridgehead atoms. The van der Waals surface area contributed by atoms with Gasteiger partial charge in [-0.05, 0) is 17.7 Å². The molecule has 0 spiro atoms. The molecule has 0 aromatic heterocycles. The number of carbonyl (C=O) groups is 2. The second-order valence-electron chi connectivity index (χ2n) is 3.15. The Morgan fingerprint density at radius 3 is 2.75 bits per heavy atom. The van der Waals surface area contributed by atoms with Crippen LogP contribution >= 0.6 is 0 Å². The maximum atomic E-state index is 12.5. The number of carboxylic acids is 1. The summed E-state index contributed by atoms with van der Waals surface area (Å²) in [4.78, 5) is 21.9. The Morgan fingerprint density at radius 1 is 1.38 bits per heavy atom. The molecule has 0 saturated heterocycles. The highest BCUT2D eigenvalue weighted by Gasteiger charge is 2.26. The van der Waals surface area contributed by atoms with Crippen molar-refractivity contribution in [1.82, 2.24) is 0 Å². The first-order valence-electron chi connectivity index (χ1n) is 4.39. The molecule has 1 heterocycles. The molecule has 1 aliphatic rings. The first-order chi connectivity index (χ1) is 7.63. The van der Waals surface area contributed by atoms with E-state index in [1.807, 2.05) is 0 Å². The van der Waals surface area contributed by atoms with Crippen LogP contribution in [0.3, 0.4) is 0 Å². The summed E-state index contributed by atoms with van der Waals surface area (Å²) >= 11 is 0. The summed E-state index contributed by atoms with van der Waals surface area (Å²) < 4.78 is 22.4. The number of ether oxygens (including phenoxy) is 2. The van der Waals surface area contributed by atoms with Crippen molar-refractivity contribution >= 4 is 11.8 Å². The zero-order valence-corrected chi connectivity index (χ0v) is 8.03. The van der Waals surface area contributed by atoms with Gasteiger partial charge in [0.2, 0.25) is 6.79 Å². The molecule has 1 aromatic rings. The number of fused-ring (bicyclic) bond motifs is 1. The molecular weight excluding hydrogens is 219 g/mol. The molecule has 1 aromatic carbocycles. The summed E-state index contributed by atoms with van der Waals surface area (Å²) in [6.07, 6.45) is 0. The number of carboxylic acid groups (broad SMARTS) is 1. The lowest BCUT2D eigenvalue weighted by molar-refractivity contribution is -0.131. The Bertz CT molecular complexity index is 469. The van der Waals surface area contributed by atoms with Crippen molar-refractivity contribution < 1.29 is 28.6 Å². The van der Waals surface area contributed by atoms with Crippen molar-refractivity contribution in [3.8, 4) is 11.5 Å². The molecule has 0 saturated carbocycles. The fourth-order valence-electron chi connectivity index (χ4n) is 1.43. The number of aliphatic carboxylic acids is 1. The average Bonchev–Trinajstić information content (AvgIpc) is 2.74. The van der Waals surface area contributed by atoms with Gasteiger partial charge < -0.3 is 14.6 Å². The Morgan fingerprint density at radius 2 is 2.12 bits per heavy atom. The van der Waals surface area contributed by atoms with Crippen LogP contribution in [0.15, 0.2) is 12.1 Å². The summed E-state index contributed by atoms with van der Waals surface area (Å²) in [5.41, 5.74) is -0.0102. The molecule has 0 atom stereocenters. The standard InChI is InChI=1S/C10H7FO5/c11-3-5-1-6(8(12)10(13)14)9-7(2-5)15-4-16-9/h1-2H,3-4H2,(H,13,14). The van der Waals surface area contributed by atoms with Gasteiger partial charge in [0.1, 0.15) is 6.67 Å². The number of halogens is 1. The summed E-state index contributed by atoms with van der Waals surface area (Å²) in [7, 11) is 0. The minimum Gasteiger partial charge on any atom is -0.475 e.